The summed E-state index contributed by atoms with van der Waals surface area (Å²) < 4.78 is 4.79. The van der Waals surface area contributed by atoms with Crippen LogP contribution < -0.4 is 0 Å². The van der Waals surface area contributed by atoms with Crippen LogP contribution in [0.4, 0.5) is 0 Å². The fourth-order valence-corrected chi connectivity index (χ4v) is 1.14. The van der Waals surface area contributed by atoms with Gasteiger partial charge in [-0.15, -0.1) is 0 Å². The predicted octanol–water partition coefficient (Wildman–Crippen LogP) is 2.02. The van der Waals surface area contributed by atoms with E-state index in [1.807, 2.05) is 0 Å². The molecule has 0 bridgehead atoms. The summed E-state index contributed by atoms with van der Waals surface area (Å²) in [5, 5.41) is 8.77. The van der Waals surface area contributed by atoms with Gasteiger partial charge in [0.2, 0.25) is 0 Å². The molecule has 5 heteroatoms. The second-order valence-electron chi connectivity index (χ2n) is 2.87. The molecule has 0 aliphatic heterocycles. The van der Waals surface area contributed by atoms with Gasteiger partial charge in [-0.3, -0.25) is 0 Å². The lowest BCUT2D eigenvalue weighted by molar-refractivity contribution is -0.139. The van der Waals surface area contributed by atoms with Gasteiger partial charge in [0.25, 0.3) is 0 Å². The number of benzene rings is 1. The lowest BCUT2D eigenvalue weighted by Crippen LogP contribution is -2.02. The van der Waals surface area contributed by atoms with E-state index in [-0.39, 0.29) is 6.61 Å². The third-order valence-corrected chi connectivity index (χ3v) is 2.06. The maximum absolute atomic E-state index is 11.0. The summed E-state index contributed by atoms with van der Waals surface area (Å²) in [5.74, 6) is -1.92. The minimum absolute atomic E-state index is 0.0163. The van der Waals surface area contributed by atoms with Crippen LogP contribution in [0.1, 0.15) is 5.56 Å². The number of carbonyl (C=O) groups is 2. The Kier molecular flexibility index (Phi) is 4.54. The van der Waals surface area contributed by atoms with Crippen LogP contribution in [0.2, 0.25) is 5.02 Å². The Morgan fingerprint density at radius 3 is 2.62 bits per heavy atom. The van der Waals surface area contributed by atoms with E-state index < -0.39 is 11.9 Å². The number of esters is 1. The van der Waals surface area contributed by atoms with Crippen molar-refractivity contribution in [2.45, 2.75) is 6.61 Å². The van der Waals surface area contributed by atoms with Gasteiger partial charge in [0.1, 0.15) is 6.61 Å². The van der Waals surface area contributed by atoms with Gasteiger partial charge < -0.3 is 9.84 Å². The number of rotatable bonds is 4. The SMILES string of the molecule is O=C(O)/C=C/C(=O)OCc1ccccc1Cl. The van der Waals surface area contributed by atoms with Gasteiger partial charge in [-0.2, -0.15) is 0 Å². The van der Waals surface area contributed by atoms with E-state index in [1.165, 1.54) is 0 Å². The van der Waals surface area contributed by atoms with Gasteiger partial charge in [0, 0.05) is 22.7 Å². The molecule has 0 radical (unpaired) electrons. The first-order valence-electron chi connectivity index (χ1n) is 4.41. The molecule has 0 saturated carbocycles. The van der Waals surface area contributed by atoms with Gasteiger partial charge in [0.05, 0.1) is 0 Å². The number of carbonyl (C=O) groups excluding carboxylic acids is 1. The number of ether oxygens (including phenoxy) is 1. The van der Waals surface area contributed by atoms with Crippen LogP contribution in [0, 0.1) is 0 Å². The Bertz CT molecular complexity index is 426. The molecule has 84 valence electrons. The number of halogens is 1. The van der Waals surface area contributed by atoms with Crippen molar-refractivity contribution in [2.24, 2.45) is 0 Å². The van der Waals surface area contributed by atoms with Gasteiger partial charge >= 0.3 is 11.9 Å². The van der Waals surface area contributed by atoms with Crippen LogP contribution in [0.25, 0.3) is 0 Å². The van der Waals surface area contributed by atoms with E-state index in [9.17, 15) is 9.59 Å². The first-order chi connectivity index (χ1) is 7.59. The molecule has 0 heterocycles. The van der Waals surface area contributed by atoms with E-state index in [2.05, 4.69) is 0 Å². The Hall–Kier alpha value is -1.81. The van der Waals surface area contributed by atoms with E-state index in [0.717, 1.165) is 12.2 Å². The molecule has 0 amide bonds. The molecule has 1 aromatic rings. The monoisotopic (exact) mass is 240 g/mol. The maximum Gasteiger partial charge on any atom is 0.331 e. The summed E-state index contributed by atoms with van der Waals surface area (Å²) in [7, 11) is 0. The molecule has 0 fully saturated rings. The summed E-state index contributed by atoms with van der Waals surface area (Å²) in [5.41, 5.74) is 0.668. The first kappa shape index (κ1) is 12.3. The fraction of sp³-hybridized carbons (Fsp3) is 0.0909. The third kappa shape index (κ3) is 4.14. The highest BCUT2D eigenvalue weighted by Gasteiger charge is 2.02. The zero-order chi connectivity index (χ0) is 12.0. The molecule has 0 spiro atoms. The molecule has 16 heavy (non-hydrogen) atoms. The van der Waals surface area contributed by atoms with E-state index in [1.54, 1.807) is 24.3 Å². The van der Waals surface area contributed by atoms with Crippen molar-refractivity contribution in [3.05, 3.63) is 47.0 Å². The average molecular weight is 241 g/mol. The van der Waals surface area contributed by atoms with Gasteiger partial charge in [0.15, 0.2) is 0 Å². The summed E-state index contributed by atoms with van der Waals surface area (Å²) in [6.07, 6.45) is 1.56. The summed E-state index contributed by atoms with van der Waals surface area (Å²) >= 11 is 5.83. The van der Waals surface area contributed by atoms with Gasteiger partial charge in [-0.05, 0) is 6.07 Å². The highest BCUT2D eigenvalue weighted by Crippen LogP contribution is 2.15. The Morgan fingerprint density at radius 2 is 2.00 bits per heavy atom. The molecule has 0 aliphatic carbocycles. The second-order valence-corrected chi connectivity index (χ2v) is 3.28. The zero-order valence-corrected chi connectivity index (χ0v) is 8.98. The Morgan fingerprint density at radius 1 is 1.31 bits per heavy atom. The predicted molar refractivity (Wildman–Crippen MR) is 58.0 cm³/mol. The van der Waals surface area contributed by atoms with Gasteiger partial charge in [-0.1, -0.05) is 29.8 Å². The van der Waals surface area contributed by atoms with Crippen molar-refractivity contribution in [3.8, 4) is 0 Å². The number of carboxylic acids is 1. The molecule has 0 atom stereocenters. The van der Waals surface area contributed by atoms with E-state index >= 15 is 0 Å². The molecule has 0 unspecified atom stereocenters. The minimum Gasteiger partial charge on any atom is -0.478 e. The molecule has 1 rings (SSSR count). The number of carboxylic acid groups (broad SMARTS) is 1. The molecule has 0 saturated heterocycles. The molecular formula is C11H9ClO4. The largest absolute Gasteiger partial charge is 0.478 e. The number of hydrogen-bond donors (Lipinski definition) is 1. The lowest BCUT2D eigenvalue weighted by atomic mass is 10.2. The molecule has 1 aromatic carbocycles. The molecule has 0 aliphatic rings. The molecular weight excluding hydrogens is 232 g/mol. The lowest BCUT2D eigenvalue weighted by Gasteiger charge is -2.03. The van der Waals surface area contributed by atoms with E-state index in [0.29, 0.717) is 10.6 Å². The zero-order valence-electron chi connectivity index (χ0n) is 8.22. The highest BCUT2D eigenvalue weighted by molar-refractivity contribution is 6.31. The van der Waals surface area contributed by atoms with Crippen molar-refractivity contribution in [1.29, 1.82) is 0 Å². The maximum atomic E-state index is 11.0. The number of aliphatic carboxylic acids is 1. The summed E-state index contributed by atoms with van der Waals surface area (Å²) in [6, 6.07) is 6.93. The smallest absolute Gasteiger partial charge is 0.331 e. The minimum atomic E-state index is -1.20. The van der Waals surface area contributed by atoms with Crippen molar-refractivity contribution in [3.63, 3.8) is 0 Å². The highest BCUT2D eigenvalue weighted by atomic mass is 35.5. The Balaban J connectivity index is 2.49. The van der Waals surface area contributed by atoms with Crippen LogP contribution in [0.5, 0.6) is 0 Å². The fourth-order valence-electron chi connectivity index (χ4n) is 0.952. The van der Waals surface area contributed by atoms with E-state index in [4.69, 9.17) is 21.4 Å². The quantitative estimate of drug-likeness (QED) is 0.646. The second kappa shape index (κ2) is 5.92. The van der Waals surface area contributed by atoms with Crippen molar-refractivity contribution in [1.82, 2.24) is 0 Å². The van der Waals surface area contributed by atoms with Crippen LogP contribution >= 0.6 is 11.6 Å². The van der Waals surface area contributed by atoms with Gasteiger partial charge in [-0.25, -0.2) is 9.59 Å². The summed E-state index contributed by atoms with van der Waals surface area (Å²) in [6.45, 7) is 0.0163. The van der Waals surface area contributed by atoms with Crippen molar-refractivity contribution < 1.29 is 19.4 Å². The molecule has 1 N–H and O–H groups in total. The standard InChI is InChI=1S/C11H9ClO4/c12-9-4-2-1-3-8(9)7-16-11(15)6-5-10(13)14/h1-6H,7H2,(H,13,14)/b6-5+. The summed E-state index contributed by atoms with van der Waals surface area (Å²) in [4.78, 5) is 21.1. The normalized spacial score (nSPS) is 10.3. The van der Waals surface area contributed by atoms with Crippen LogP contribution in [0.3, 0.4) is 0 Å². The van der Waals surface area contributed by atoms with Crippen molar-refractivity contribution in [2.75, 3.05) is 0 Å². The van der Waals surface area contributed by atoms with Crippen LogP contribution in [-0.2, 0) is 20.9 Å². The number of hydrogen-bond acceptors (Lipinski definition) is 3. The van der Waals surface area contributed by atoms with Crippen LogP contribution in [-0.4, -0.2) is 17.0 Å². The van der Waals surface area contributed by atoms with Crippen LogP contribution in [0.15, 0.2) is 36.4 Å². The topological polar surface area (TPSA) is 63.6 Å². The first-order valence-corrected chi connectivity index (χ1v) is 4.78. The van der Waals surface area contributed by atoms with Crippen molar-refractivity contribution >= 4 is 23.5 Å². The molecule has 4 nitrogen and oxygen atoms in total. The Labute approximate surface area is 97.1 Å². The molecule has 0 aromatic heterocycles. The average Bonchev–Trinajstić information content (AvgIpc) is 2.25. The third-order valence-electron chi connectivity index (χ3n) is 1.69.